The molecule has 0 heterocycles. The summed E-state index contributed by atoms with van der Waals surface area (Å²) in [6, 6.07) is 12.1. The van der Waals surface area contributed by atoms with Gasteiger partial charge in [0.25, 0.3) is 0 Å². The molecule has 2 aromatic carbocycles. The van der Waals surface area contributed by atoms with Crippen molar-refractivity contribution in [2.45, 2.75) is 0 Å². The van der Waals surface area contributed by atoms with Gasteiger partial charge in [0.2, 0.25) is 0 Å². The first-order chi connectivity index (χ1) is 10.6. The topological polar surface area (TPSA) is 47.6 Å². The van der Waals surface area contributed by atoms with Gasteiger partial charge in [-0.25, -0.2) is 0 Å². The van der Waals surface area contributed by atoms with Crippen molar-refractivity contribution in [2.24, 2.45) is 0 Å². The van der Waals surface area contributed by atoms with Gasteiger partial charge in [-0.1, -0.05) is 11.6 Å². The minimum absolute atomic E-state index is 0.107. The molecule has 0 aliphatic carbocycles. The zero-order valence-electron chi connectivity index (χ0n) is 12.3. The van der Waals surface area contributed by atoms with Crippen LogP contribution in [0.4, 0.5) is 5.69 Å². The van der Waals surface area contributed by atoms with Crippen molar-refractivity contribution in [3.8, 4) is 11.5 Å². The number of allylic oxidation sites excluding steroid dienone is 1. The highest BCUT2D eigenvalue weighted by Crippen LogP contribution is 2.29. The van der Waals surface area contributed by atoms with Gasteiger partial charge >= 0.3 is 0 Å². The van der Waals surface area contributed by atoms with Gasteiger partial charge in [0.1, 0.15) is 0 Å². The van der Waals surface area contributed by atoms with Crippen LogP contribution < -0.4 is 14.8 Å². The summed E-state index contributed by atoms with van der Waals surface area (Å²) in [6.07, 6.45) is 3.04. The summed E-state index contributed by atoms with van der Waals surface area (Å²) in [4.78, 5) is 12.0. The quantitative estimate of drug-likeness (QED) is 0.642. The molecular formula is C17H16ClNO3. The van der Waals surface area contributed by atoms with E-state index in [1.165, 1.54) is 6.08 Å². The van der Waals surface area contributed by atoms with Gasteiger partial charge in [0.15, 0.2) is 17.3 Å². The number of anilines is 1. The first-order valence-corrected chi connectivity index (χ1v) is 6.97. The Bertz CT molecular complexity index is 681. The van der Waals surface area contributed by atoms with Crippen molar-refractivity contribution in [3.63, 3.8) is 0 Å². The highest BCUT2D eigenvalue weighted by molar-refractivity contribution is 6.30. The zero-order valence-corrected chi connectivity index (χ0v) is 13.1. The predicted octanol–water partition coefficient (Wildman–Crippen LogP) is 4.17. The van der Waals surface area contributed by atoms with Crippen LogP contribution in [-0.4, -0.2) is 20.0 Å². The van der Waals surface area contributed by atoms with Gasteiger partial charge in [-0.15, -0.1) is 0 Å². The normalized spacial score (nSPS) is 10.5. The molecule has 0 atom stereocenters. The lowest BCUT2D eigenvalue weighted by molar-refractivity contribution is 0.104. The van der Waals surface area contributed by atoms with E-state index in [4.69, 9.17) is 21.1 Å². The Morgan fingerprint density at radius 2 is 1.73 bits per heavy atom. The molecule has 0 bridgehead atoms. The molecule has 0 amide bonds. The molecule has 5 heteroatoms. The number of hydrogen-bond acceptors (Lipinski definition) is 4. The van der Waals surface area contributed by atoms with Crippen molar-refractivity contribution in [1.29, 1.82) is 0 Å². The van der Waals surface area contributed by atoms with Gasteiger partial charge in [0, 0.05) is 34.6 Å². The third-order valence-corrected chi connectivity index (χ3v) is 3.25. The summed E-state index contributed by atoms with van der Waals surface area (Å²) >= 11 is 5.79. The number of benzene rings is 2. The van der Waals surface area contributed by atoms with Crippen LogP contribution in [0.25, 0.3) is 0 Å². The minimum atomic E-state index is -0.107. The van der Waals surface area contributed by atoms with E-state index in [2.05, 4.69) is 5.32 Å². The molecule has 0 aromatic heterocycles. The Morgan fingerprint density at radius 3 is 2.36 bits per heavy atom. The number of ketones is 1. The van der Waals surface area contributed by atoms with E-state index in [0.717, 1.165) is 5.69 Å². The van der Waals surface area contributed by atoms with E-state index in [0.29, 0.717) is 22.1 Å². The van der Waals surface area contributed by atoms with Gasteiger partial charge in [0.05, 0.1) is 14.2 Å². The Morgan fingerprint density at radius 1 is 1.05 bits per heavy atom. The van der Waals surface area contributed by atoms with Crippen molar-refractivity contribution < 1.29 is 14.3 Å². The fourth-order valence-corrected chi connectivity index (χ4v) is 1.98. The van der Waals surface area contributed by atoms with Crippen molar-refractivity contribution in [1.82, 2.24) is 0 Å². The van der Waals surface area contributed by atoms with E-state index in [1.54, 1.807) is 56.8 Å². The third-order valence-electron chi connectivity index (χ3n) is 3.00. The molecule has 0 radical (unpaired) electrons. The summed E-state index contributed by atoms with van der Waals surface area (Å²) in [7, 11) is 3.15. The van der Waals surface area contributed by atoms with Crippen LogP contribution in [-0.2, 0) is 0 Å². The fraction of sp³-hybridized carbons (Fsp3) is 0.118. The molecule has 0 aliphatic rings. The van der Waals surface area contributed by atoms with Crippen LogP contribution in [0.3, 0.4) is 0 Å². The number of nitrogens with one attached hydrogen (secondary N) is 1. The lowest BCUT2D eigenvalue weighted by Gasteiger charge is -2.09. The molecular weight excluding hydrogens is 302 g/mol. The van der Waals surface area contributed by atoms with Crippen LogP contribution in [0.2, 0.25) is 5.02 Å². The van der Waals surface area contributed by atoms with Crippen LogP contribution in [0, 0.1) is 0 Å². The second-order valence-electron chi connectivity index (χ2n) is 4.42. The second-order valence-corrected chi connectivity index (χ2v) is 4.86. The molecule has 2 rings (SSSR count). The smallest absolute Gasteiger partial charge is 0.187 e. The Balaban J connectivity index is 2.03. The van der Waals surface area contributed by atoms with Crippen molar-refractivity contribution >= 4 is 23.1 Å². The molecule has 0 saturated heterocycles. The molecule has 4 nitrogen and oxygen atoms in total. The second kappa shape index (κ2) is 7.52. The van der Waals surface area contributed by atoms with Gasteiger partial charge in [-0.2, -0.15) is 0 Å². The fourth-order valence-electron chi connectivity index (χ4n) is 1.85. The average Bonchev–Trinajstić information content (AvgIpc) is 2.55. The monoisotopic (exact) mass is 317 g/mol. The van der Waals surface area contributed by atoms with E-state index >= 15 is 0 Å². The Labute approximate surface area is 134 Å². The first kappa shape index (κ1) is 15.9. The lowest BCUT2D eigenvalue weighted by Crippen LogP contribution is -1.97. The van der Waals surface area contributed by atoms with Crippen LogP contribution >= 0.6 is 11.6 Å². The number of methoxy groups -OCH3 is 2. The van der Waals surface area contributed by atoms with Gasteiger partial charge in [-0.05, 0) is 36.4 Å². The summed E-state index contributed by atoms with van der Waals surface area (Å²) in [5.74, 6) is 1.16. The summed E-state index contributed by atoms with van der Waals surface area (Å²) in [5.41, 5.74) is 1.37. The van der Waals surface area contributed by atoms with Gasteiger partial charge in [-0.3, -0.25) is 4.79 Å². The Hall–Kier alpha value is -2.46. The molecule has 22 heavy (non-hydrogen) atoms. The summed E-state index contributed by atoms with van der Waals surface area (Å²) < 4.78 is 10.4. The predicted molar refractivity (Wildman–Crippen MR) is 88.1 cm³/mol. The van der Waals surface area contributed by atoms with E-state index < -0.39 is 0 Å². The van der Waals surface area contributed by atoms with E-state index in [-0.39, 0.29) is 5.78 Å². The minimum Gasteiger partial charge on any atom is -0.493 e. The largest absolute Gasteiger partial charge is 0.493 e. The molecule has 0 unspecified atom stereocenters. The van der Waals surface area contributed by atoms with E-state index in [9.17, 15) is 4.79 Å². The van der Waals surface area contributed by atoms with Crippen LogP contribution in [0.1, 0.15) is 10.4 Å². The van der Waals surface area contributed by atoms with Gasteiger partial charge < -0.3 is 14.8 Å². The maximum absolute atomic E-state index is 12.0. The first-order valence-electron chi connectivity index (χ1n) is 6.59. The third kappa shape index (κ3) is 4.02. The summed E-state index contributed by atoms with van der Waals surface area (Å²) in [5, 5.41) is 3.62. The summed E-state index contributed by atoms with van der Waals surface area (Å²) in [6.45, 7) is 0. The van der Waals surface area contributed by atoms with Crippen LogP contribution in [0.15, 0.2) is 54.7 Å². The number of carbonyl (C=O) groups is 1. The molecule has 1 N–H and O–H groups in total. The number of carbonyl (C=O) groups excluding carboxylic acids is 1. The van der Waals surface area contributed by atoms with Crippen LogP contribution in [0.5, 0.6) is 11.5 Å². The van der Waals surface area contributed by atoms with E-state index in [1.807, 2.05) is 6.07 Å². The maximum Gasteiger partial charge on any atom is 0.187 e. The average molecular weight is 318 g/mol. The highest BCUT2D eigenvalue weighted by atomic mass is 35.5. The zero-order chi connectivity index (χ0) is 15.9. The lowest BCUT2D eigenvalue weighted by atomic mass is 10.1. The standard InChI is InChI=1S/C17H16ClNO3/c1-21-16-8-7-14(11-17(16)22-2)19-10-9-15(20)12-3-5-13(18)6-4-12/h3-11,19H,1-2H3. The maximum atomic E-state index is 12.0. The number of rotatable bonds is 6. The number of hydrogen-bond donors (Lipinski definition) is 1. The molecule has 114 valence electrons. The molecule has 0 fully saturated rings. The van der Waals surface area contributed by atoms with Crippen molar-refractivity contribution in [3.05, 3.63) is 65.3 Å². The Kier molecular flexibility index (Phi) is 5.44. The molecule has 0 saturated carbocycles. The molecule has 0 spiro atoms. The SMILES string of the molecule is COc1ccc(NC=CC(=O)c2ccc(Cl)cc2)cc1OC. The molecule has 2 aromatic rings. The highest BCUT2D eigenvalue weighted by Gasteiger charge is 2.04. The molecule has 0 aliphatic heterocycles. The number of ether oxygens (including phenoxy) is 2. The number of halogens is 1. The van der Waals surface area contributed by atoms with Crippen molar-refractivity contribution in [2.75, 3.05) is 19.5 Å².